The molecule has 0 aliphatic heterocycles. The van der Waals surface area contributed by atoms with Crippen LogP contribution in [0.2, 0.25) is 0 Å². The zero-order valence-corrected chi connectivity index (χ0v) is 9.84. The number of aromatic amines is 1. The molecule has 1 unspecified atom stereocenters. The third-order valence-corrected chi connectivity index (χ3v) is 2.59. The summed E-state index contributed by atoms with van der Waals surface area (Å²) in [4.78, 5) is 11.6. The van der Waals surface area contributed by atoms with Gasteiger partial charge < -0.3 is 10.4 Å². The lowest BCUT2D eigenvalue weighted by Gasteiger charge is -2.11. The second-order valence-electron chi connectivity index (χ2n) is 3.99. The van der Waals surface area contributed by atoms with Crippen LogP contribution >= 0.6 is 0 Å². The van der Waals surface area contributed by atoms with Crippen LogP contribution in [0.3, 0.4) is 0 Å². The van der Waals surface area contributed by atoms with Crippen LogP contribution in [0, 0.1) is 0 Å². The van der Waals surface area contributed by atoms with Gasteiger partial charge >= 0.3 is 0 Å². The van der Waals surface area contributed by atoms with Crippen LogP contribution in [0.1, 0.15) is 17.4 Å². The quantitative estimate of drug-likeness (QED) is 0.729. The summed E-state index contributed by atoms with van der Waals surface area (Å²) in [6.45, 7) is 0.205. The normalized spacial score (nSPS) is 12.1. The summed E-state index contributed by atoms with van der Waals surface area (Å²) in [5.41, 5.74) is 1.54. The summed E-state index contributed by atoms with van der Waals surface area (Å²) < 4.78 is 0. The van der Waals surface area contributed by atoms with Crippen LogP contribution < -0.4 is 5.32 Å². The van der Waals surface area contributed by atoms with Crippen molar-refractivity contribution in [1.29, 1.82) is 0 Å². The number of hydrogen-bond donors (Lipinski definition) is 3. The Labute approximate surface area is 105 Å². The minimum Gasteiger partial charge on any atom is -0.387 e. The molecule has 2 aromatic rings. The number of rotatable bonds is 5. The zero-order chi connectivity index (χ0) is 12.8. The zero-order valence-electron chi connectivity index (χ0n) is 9.84. The molecule has 18 heavy (non-hydrogen) atoms. The predicted molar refractivity (Wildman–Crippen MR) is 66.7 cm³/mol. The van der Waals surface area contributed by atoms with Gasteiger partial charge in [0.05, 0.1) is 12.5 Å². The molecule has 5 nitrogen and oxygen atoms in total. The fraction of sp³-hybridized carbons (Fsp3) is 0.231. The van der Waals surface area contributed by atoms with E-state index in [9.17, 15) is 9.90 Å². The van der Waals surface area contributed by atoms with E-state index in [0.717, 1.165) is 11.3 Å². The molecule has 0 aliphatic carbocycles. The van der Waals surface area contributed by atoms with Crippen LogP contribution in [0.25, 0.3) is 0 Å². The molecule has 1 aromatic carbocycles. The van der Waals surface area contributed by atoms with Gasteiger partial charge in [-0.3, -0.25) is 9.89 Å². The number of aromatic nitrogens is 2. The molecular weight excluding hydrogens is 230 g/mol. The molecule has 2 rings (SSSR count). The number of nitrogens with one attached hydrogen (secondary N) is 2. The summed E-state index contributed by atoms with van der Waals surface area (Å²) in [5.74, 6) is -0.144. The Hall–Kier alpha value is -2.14. The average molecular weight is 245 g/mol. The third-order valence-electron chi connectivity index (χ3n) is 2.59. The molecule has 0 fully saturated rings. The number of carbonyl (C=O) groups is 1. The molecule has 0 saturated carbocycles. The van der Waals surface area contributed by atoms with Crippen molar-refractivity contribution in [2.24, 2.45) is 0 Å². The Bertz CT molecular complexity index is 482. The maximum Gasteiger partial charge on any atom is 0.226 e. The van der Waals surface area contributed by atoms with E-state index in [1.54, 1.807) is 12.3 Å². The van der Waals surface area contributed by atoms with Gasteiger partial charge in [-0.25, -0.2) is 0 Å². The van der Waals surface area contributed by atoms with E-state index in [2.05, 4.69) is 15.5 Å². The molecule has 0 bridgehead atoms. The number of aliphatic hydroxyl groups excluding tert-OH is 1. The first-order valence-electron chi connectivity index (χ1n) is 5.73. The van der Waals surface area contributed by atoms with Gasteiger partial charge in [-0.1, -0.05) is 30.3 Å². The molecule has 1 heterocycles. The monoisotopic (exact) mass is 245 g/mol. The van der Waals surface area contributed by atoms with Crippen molar-refractivity contribution in [2.45, 2.75) is 12.5 Å². The largest absolute Gasteiger partial charge is 0.387 e. The van der Waals surface area contributed by atoms with Gasteiger partial charge in [-0.2, -0.15) is 5.10 Å². The Morgan fingerprint density at radius 1 is 1.33 bits per heavy atom. The van der Waals surface area contributed by atoms with Crippen molar-refractivity contribution in [2.75, 3.05) is 6.54 Å². The SMILES string of the molecule is O=C(Cc1ccn[nH]1)NCC(O)c1ccccc1. The highest BCUT2D eigenvalue weighted by atomic mass is 16.3. The lowest BCUT2D eigenvalue weighted by Crippen LogP contribution is -2.29. The van der Waals surface area contributed by atoms with Crippen LogP contribution in [-0.2, 0) is 11.2 Å². The molecule has 0 saturated heterocycles. The van der Waals surface area contributed by atoms with E-state index in [-0.39, 0.29) is 18.9 Å². The number of H-pyrrole nitrogens is 1. The summed E-state index contributed by atoms with van der Waals surface area (Å²) in [5, 5.41) is 19.0. The molecule has 5 heteroatoms. The van der Waals surface area contributed by atoms with E-state index in [1.807, 2.05) is 30.3 Å². The van der Waals surface area contributed by atoms with Crippen LogP contribution in [0.5, 0.6) is 0 Å². The van der Waals surface area contributed by atoms with Gasteiger partial charge in [0.1, 0.15) is 0 Å². The van der Waals surface area contributed by atoms with Crippen molar-refractivity contribution in [3.05, 3.63) is 53.9 Å². The molecule has 3 N–H and O–H groups in total. The first-order chi connectivity index (χ1) is 8.75. The second-order valence-corrected chi connectivity index (χ2v) is 3.99. The minimum absolute atomic E-state index is 0.144. The number of nitrogens with zero attached hydrogens (tertiary/aromatic N) is 1. The highest BCUT2D eigenvalue weighted by Crippen LogP contribution is 2.10. The number of carbonyl (C=O) groups excluding carboxylic acids is 1. The molecule has 1 amide bonds. The topological polar surface area (TPSA) is 78.0 Å². The maximum atomic E-state index is 11.6. The predicted octanol–water partition coefficient (Wildman–Crippen LogP) is 0.802. The van der Waals surface area contributed by atoms with Gasteiger partial charge in [0, 0.05) is 18.4 Å². The van der Waals surface area contributed by atoms with Gasteiger partial charge in [-0.15, -0.1) is 0 Å². The molecule has 0 radical (unpaired) electrons. The first kappa shape index (κ1) is 12.3. The first-order valence-corrected chi connectivity index (χ1v) is 5.73. The summed E-state index contributed by atoms with van der Waals surface area (Å²) in [6, 6.07) is 11.0. The van der Waals surface area contributed by atoms with E-state index < -0.39 is 6.10 Å². The standard InChI is InChI=1S/C13H15N3O2/c17-12(10-4-2-1-3-5-10)9-14-13(18)8-11-6-7-15-16-11/h1-7,12,17H,8-9H2,(H,14,18)(H,15,16). The smallest absolute Gasteiger partial charge is 0.226 e. The lowest BCUT2D eigenvalue weighted by molar-refractivity contribution is -0.120. The highest BCUT2D eigenvalue weighted by Gasteiger charge is 2.09. The molecule has 0 spiro atoms. The highest BCUT2D eigenvalue weighted by molar-refractivity contribution is 5.78. The molecule has 1 atom stereocenters. The van der Waals surface area contributed by atoms with Crippen LogP contribution in [-0.4, -0.2) is 27.8 Å². The maximum absolute atomic E-state index is 11.6. The lowest BCUT2D eigenvalue weighted by atomic mass is 10.1. The minimum atomic E-state index is -0.683. The van der Waals surface area contributed by atoms with Crippen molar-refractivity contribution < 1.29 is 9.90 Å². The fourth-order valence-corrected chi connectivity index (χ4v) is 1.62. The molecule has 1 aromatic heterocycles. The number of hydrogen-bond acceptors (Lipinski definition) is 3. The van der Waals surface area contributed by atoms with Crippen molar-refractivity contribution in [1.82, 2.24) is 15.5 Å². The van der Waals surface area contributed by atoms with Gasteiger partial charge in [0.2, 0.25) is 5.91 Å². The van der Waals surface area contributed by atoms with E-state index >= 15 is 0 Å². The average Bonchev–Trinajstić information content (AvgIpc) is 2.90. The Balaban J connectivity index is 1.79. The summed E-state index contributed by atoms with van der Waals surface area (Å²) >= 11 is 0. The van der Waals surface area contributed by atoms with E-state index in [1.165, 1.54) is 0 Å². The Morgan fingerprint density at radius 2 is 2.11 bits per heavy atom. The fourth-order valence-electron chi connectivity index (χ4n) is 1.62. The second kappa shape index (κ2) is 5.97. The van der Waals surface area contributed by atoms with Gasteiger partial charge in [0.15, 0.2) is 0 Å². The van der Waals surface area contributed by atoms with Crippen molar-refractivity contribution in [3.8, 4) is 0 Å². The Morgan fingerprint density at radius 3 is 2.78 bits per heavy atom. The number of amides is 1. The number of benzene rings is 1. The summed E-state index contributed by atoms with van der Waals surface area (Å²) in [7, 11) is 0. The summed E-state index contributed by atoms with van der Waals surface area (Å²) in [6.07, 6.45) is 1.15. The van der Waals surface area contributed by atoms with Crippen LogP contribution in [0.4, 0.5) is 0 Å². The van der Waals surface area contributed by atoms with Crippen molar-refractivity contribution >= 4 is 5.91 Å². The molecule has 0 aliphatic rings. The van der Waals surface area contributed by atoms with Gasteiger partial charge in [-0.05, 0) is 11.6 Å². The van der Waals surface area contributed by atoms with E-state index in [0.29, 0.717) is 0 Å². The number of aliphatic hydroxyl groups is 1. The van der Waals surface area contributed by atoms with Gasteiger partial charge in [0.25, 0.3) is 0 Å². The van der Waals surface area contributed by atoms with Crippen molar-refractivity contribution in [3.63, 3.8) is 0 Å². The Kier molecular flexibility index (Phi) is 4.09. The van der Waals surface area contributed by atoms with E-state index in [4.69, 9.17) is 0 Å². The third kappa shape index (κ3) is 3.43. The van der Waals surface area contributed by atoms with Crippen LogP contribution in [0.15, 0.2) is 42.6 Å². The molecular formula is C13H15N3O2. The molecule has 94 valence electrons.